The SMILES string of the molecule is c1ccc2c(c1)c1cccc3c4ccc(-c5cc6c7ccncc7n7c8cnccc8c(c5)c67)cc4n2c13. The van der Waals surface area contributed by atoms with E-state index in [4.69, 9.17) is 0 Å². The Kier molecular flexibility index (Phi) is 3.18. The topological polar surface area (TPSA) is 34.6 Å². The highest BCUT2D eigenvalue weighted by Crippen LogP contribution is 2.43. The molecule has 0 bridgehead atoms. The summed E-state index contributed by atoms with van der Waals surface area (Å²) in [5.41, 5.74) is 9.76. The number of rotatable bonds is 1. The predicted molar refractivity (Wildman–Crippen MR) is 157 cm³/mol. The molecule has 0 unspecified atom stereocenters. The zero-order valence-corrected chi connectivity index (χ0v) is 20.2. The minimum absolute atomic E-state index is 1.12. The van der Waals surface area contributed by atoms with Gasteiger partial charge in [-0.3, -0.25) is 9.97 Å². The van der Waals surface area contributed by atoms with Crippen molar-refractivity contribution in [2.75, 3.05) is 0 Å². The number of pyridine rings is 2. The summed E-state index contributed by atoms with van der Waals surface area (Å²) in [4.78, 5) is 8.89. The van der Waals surface area contributed by atoms with E-state index in [1.807, 2.05) is 24.8 Å². The molecule has 0 N–H and O–H groups in total. The maximum atomic E-state index is 4.45. The Morgan fingerprint density at radius 1 is 0.395 bits per heavy atom. The van der Waals surface area contributed by atoms with Crippen molar-refractivity contribution < 1.29 is 0 Å². The number of fused-ring (bicyclic) bond motifs is 12. The van der Waals surface area contributed by atoms with Crippen molar-refractivity contribution in [2.24, 2.45) is 0 Å². The maximum Gasteiger partial charge on any atom is 0.0725 e. The van der Waals surface area contributed by atoms with Gasteiger partial charge < -0.3 is 8.80 Å². The monoisotopic (exact) mass is 482 g/mol. The Labute approximate surface area is 215 Å². The van der Waals surface area contributed by atoms with Gasteiger partial charge in [-0.15, -0.1) is 0 Å². The fourth-order valence-corrected chi connectivity index (χ4v) is 7.02. The van der Waals surface area contributed by atoms with Crippen LogP contribution in [0.15, 0.2) is 110 Å². The molecule has 0 aliphatic rings. The predicted octanol–water partition coefficient (Wildman–Crippen LogP) is 8.44. The summed E-state index contributed by atoms with van der Waals surface area (Å²) in [6.45, 7) is 0. The molecule has 0 amide bonds. The molecule has 0 saturated carbocycles. The molecule has 6 heterocycles. The molecule has 10 rings (SSSR count). The Hall–Kier alpha value is -5.22. The van der Waals surface area contributed by atoms with Crippen molar-refractivity contribution in [3.05, 3.63) is 110 Å². The molecule has 174 valence electrons. The summed E-state index contributed by atoms with van der Waals surface area (Å²) in [6, 6.07) is 31.3. The maximum absolute atomic E-state index is 4.45. The molecule has 0 saturated heterocycles. The van der Waals surface area contributed by atoms with E-state index >= 15 is 0 Å². The Morgan fingerprint density at radius 3 is 1.71 bits per heavy atom. The number of hydrogen-bond acceptors (Lipinski definition) is 2. The van der Waals surface area contributed by atoms with Gasteiger partial charge in [0.1, 0.15) is 0 Å². The normalized spacial score (nSPS) is 12.7. The quantitative estimate of drug-likeness (QED) is 0.235. The first-order chi connectivity index (χ1) is 18.9. The van der Waals surface area contributed by atoms with E-state index in [0.29, 0.717) is 0 Å². The second-order valence-corrected chi connectivity index (χ2v) is 10.3. The molecular formula is C34H18N4. The summed E-state index contributed by atoms with van der Waals surface area (Å²) in [5.74, 6) is 0. The molecule has 38 heavy (non-hydrogen) atoms. The van der Waals surface area contributed by atoms with Crippen LogP contribution in [-0.2, 0) is 0 Å². The Balaban J connectivity index is 1.36. The van der Waals surface area contributed by atoms with Gasteiger partial charge in [-0.05, 0) is 47.5 Å². The molecule has 0 aliphatic heterocycles. The Bertz CT molecular complexity index is 2480. The third-order valence-electron chi connectivity index (χ3n) is 8.55. The van der Waals surface area contributed by atoms with Gasteiger partial charge in [0.15, 0.2) is 0 Å². The zero-order valence-electron chi connectivity index (χ0n) is 20.2. The van der Waals surface area contributed by atoms with E-state index in [2.05, 4.69) is 104 Å². The largest absolute Gasteiger partial charge is 0.308 e. The third kappa shape index (κ3) is 2.07. The fourth-order valence-electron chi connectivity index (χ4n) is 7.02. The first kappa shape index (κ1) is 19.0. The van der Waals surface area contributed by atoms with Gasteiger partial charge in [0, 0.05) is 55.5 Å². The summed E-state index contributed by atoms with van der Waals surface area (Å²) in [5, 5.41) is 10.2. The second-order valence-electron chi connectivity index (χ2n) is 10.3. The van der Waals surface area contributed by atoms with Crippen LogP contribution >= 0.6 is 0 Å². The standard InChI is InChI=1S/C34H18N4/c1-2-7-29-21(4-1)25-5-3-6-26-22-9-8-19(16-30(22)37(29)33(25)26)20-14-27-23-10-12-35-17-31(23)38-32-18-36-13-11-24(32)28(15-20)34(27)38/h1-18H. The number of para-hydroxylation sites is 2. The first-order valence-electron chi connectivity index (χ1n) is 12.9. The molecule has 0 atom stereocenters. The molecule has 0 aliphatic carbocycles. The van der Waals surface area contributed by atoms with Crippen molar-refractivity contribution in [3.8, 4) is 11.1 Å². The summed E-state index contributed by atoms with van der Waals surface area (Å²) >= 11 is 0. The van der Waals surface area contributed by atoms with Crippen molar-refractivity contribution in [1.82, 2.24) is 18.8 Å². The lowest BCUT2D eigenvalue weighted by atomic mass is 9.98. The number of benzene rings is 4. The minimum atomic E-state index is 1.12. The molecule has 6 aromatic heterocycles. The molecule has 4 aromatic carbocycles. The fraction of sp³-hybridized carbons (Fsp3) is 0. The smallest absolute Gasteiger partial charge is 0.0725 e. The minimum Gasteiger partial charge on any atom is -0.308 e. The van der Waals surface area contributed by atoms with E-state index in [9.17, 15) is 0 Å². The molecule has 10 aromatic rings. The van der Waals surface area contributed by atoms with Crippen LogP contribution in [0.25, 0.3) is 87.3 Å². The van der Waals surface area contributed by atoms with Crippen LogP contribution in [-0.4, -0.2) is 18.8 Å². The Morgan fingerprint density at radius 2 is 0.974 bits per heavy atom. The van der Waals surface area contributed by atoms with Crippen molar-refractivity contribution in [3.63, 3.8) is 0 Å². The summed E-state index contributed by atoms with van der Waals surface area (Å²) in [6.07, 6.45) is 7.71. The van der Waals surface area contributed by atoms with E-state index in [-0.39, 0.29) is 0 Å². The molecule has 4 nitrogen and oxygen atoms in total. The molecule has 0 spiro atoms. The van der Waals surface area contributed by atoms with Crippen molar-refractivity contribution in [1.29, 1.82) is 0 Å². The third-order valence-corrected chi connectivity index (χ3v) is 8.55. The molecule has 0 radical (unpaired) electrons. The average molecular weight is 483 g/mol. The zero-order chi connectivity index (χ0) is 24.5. The highest BCUT2D eigenvalue weighted by molar-refractivity contribution is 6.25. The van der Waals surface area contributed by atoms with Crippen LogP contribution in [0.5, 0.6) is 0 Å². The van der Waals surface area contributed by atoms with E-state index in [1.54, 1.807) is 0 Å². The van der Waals surface area contributed by atoms with Gasteiger partial charge in [0.05, 0.1) is 45.5 Å². The van der Waals surface area contributed by atoms with Gasteiger partial charge in [-0.1, -0.05) is 48.5 Å². The van der Waals surface area contributed by atoms with Crippen molar-refractivity contribution in [2.45, 2.75) is 0 Å². The number of hydrogen-bond donors (Lipinski definition) is 0. The van der Waals surface area contributed by atoms with Crippen LogP contribution < -0.4 is 0 Å². The van der Waals surface area contributed by atoms with Gasteiger partial charge in [-0.25, -0.2) is 0 Å². The van der Waals surface area contributed by atoms with E-state index in [1.165, 1.54) is 76.3 Å². The van der Waals surface area contributed by atoms with Gasteiger partial charge >= 0.3 is 0 Å². The van der Waals surface area contributed by atoms with Gasteiger partial charge in [0.2, 0.25) is 0 Å². The first-order valence-corrected chi connectivity index (χ1v) is 12.9. The van der Waals surface area contributed by atoms with Crippen LogP contribution in [0.4, 0.5) is 0 Å². The summed E-state index contributed by atoms with van der Waals surface area (Å²) in [7, 11) is 0. The van der Waals surface area contributed by atoms with E-state index in [0.717, 1.165) is 11.0 Å². The van der Waals surface area contributed by atoms with E-state index < -0.39 is 0 Å². The van der Waals surface area contributed by atoms with Crippen LogP contribution in [0.3, 0.4) is 0 Å². The van der Waals surface area contributed by atoms with Gasteiger partial charge in [-0.2, -0.15) is 0 Å². The van der Waals surface area contributed by atoms with Crippen LogP contribution in [0.2, 0.25) is 0 Å². The molecule has 0 fully saturated rings. The van der Waals surface area contributed by atoms with Crippen molar-refractivity contribution >= 4 is 76.2 Å². The highest BCUT2D eigenvalue weighted by Gasteiger charge is 2.20. The second kappa shape index (κ2) is 6.36. The van der Waals surface area contributed by atoms with Crippen LogP contribution in [0, 0.1) is 0 Å². The average Bonchev–Trinajstić information content (AvgIpc) is 3.70. The highest BCUT2D eigenvalue weighted by atomic mass is 14.9. The number of aromatic nitrogens is 4. The van der Waals surface area contributed by atoms with Crippen LogP contribution in [0.1, 0.15) is 0 Å². The lowest BCUT2D eigenvalue weighted by molar-refractivity contribution is 1.27. The number of nitrogens with zero attached hydrogens (tertiary/aromatic N) is 4. The lowest BCUT2D eigenvalue weighted by Gasteiger charge is -2.06. The molecular weight excluding hydrogens is 464 g/mol. The molecule has 4 heteroatoms. The lowest BCUT2D eigenvalue weighted by Crippen LogP contribution is -1.83. The summed E-state index contributed by atoms with van der Waals surface area (Å²) < 4.78 is 4.77. The van der Waals surface area contributed by atoms with Gasteiger partial charge in [0.25, 0.3) is 0 Å².